The van der Waals surface area contributed by atoms with Crippen LogP contribution in [-0.2, 0) is 9.53 Å². The number of carbonyl (C=O) groups excluding carboxylic acids is 2. The fraction of sp³-hybridized carbons (Fsp3) is 0.600. The number of carbonyl (C=O) groups is 2. The normalized spacial score (nSPS) is 24.8. The highest BCUT2D eigenvalue weighted by Crippen LogP contribution is 2.50. The van der Waals surface area contributed by atoms with Crippen molar-refractivity contribution in [2.75, 3.05) is 32.8 Å². The highest BCUT2D eigenvalue weighted by molar-refractivity contribution is 7.10. The van der Waals surface area contributed by atoms with E-state index in [-0.39, 0.29) is 17.9 Å². The van der Waals surface area contributed by atoms with Gasteiger partial charge in [-0.1, -0.05) is 6.07 Å². The molecule has 21 heavy (non-hydrogen) atoms. The van der Waals surface area contributed by atoms with Crippen LogP contribution in [0.15, 0.2) is 17.5 Å². The molecule has 5 nitrogen and oxygen atoms in total. The molecule has 2 fully saturated rings. The maximum Gasteiger partial charge on any atom is 0.409 e. The Morgan fingerprint density at radius 2 is 2.00 bits per heavy atom. The fourth-order valence-corrected chi connectivity index (χ4v) is 3.75. The molecule has 1 aliphatic heterocycles. The SMILES string of the molecule is CCOC(=O)N1CCN(C(=O)[C@H]2C[C@@H]2c2cccs2)CC1. The summed E-state index contributed by atoms with van der Waals surface area (Å²) >= 11 is 1.73. The minimum atomic E-state index is -0.271. The van der Waals surface area contributed by atoms with Crippen LogP contribution in [0, 0.1) is 5.92 Å². The smallest absolute Gasteiger partial charge is 0.409 e. The van der Waals surface area contributed by atoms with Gasteiger partial charge in [-0.15, -0.1) is 11.3 Å². The maximum absolute atomic E-state index is 12.5. The third-order valence-electron chi connectivity index (χ3n) is 4.13. The molecule has 2 aliphatic rings. The summed E-state index contributed by atoms with van der Waals surface area (Å²) in [5.41, 5.74) is 0. The van der Waals surface area contributed by atoms with Gasteiger partial charge in [-0.3, -0.25) is 4.79 Å². The molecule has 0 unspecified atom stereocenters. The van der Waals surface area contributed by atoms with E-state index in [1.807, 2.05) is 11.0 Å². The summed E-state index contributed by atoms with van der Waals surface area (Å²) in [6.07, 6.45) is 0.699. The number of rotatable bonds is 3. The van der Waals surface area contributed by atoms with Crippen LogP contribution >= 0.6 is 11.3 Å². The van der Waals surface area contributed by atoms with Crippen LogP contribution in [0.4, 0.5) is 4.79 Å². The van der Waals surface area contributed by atoms with Crippen molar-refractivity contribution in [3.05, 3.63) is 22.4 Å². The van der Waals surface area contributed by atoms with E-state index in [4.69, 9.17) is 4.74 Å². The van der Waals surface area contributed by atoms with Crippen LogP contribution in [0.2, 0.25) is 0 Å². The van der Waals surface area contributed by atoms with Gasteiger partial charge in [-0.05, 0) is 24.8 Å². The molecule has 1 saturated carbocycles. The highest BCUT2D eigenvalue weighted by atomic mass is 32.1. The van der Waals surface area contributed by atoms with Gasteiger partial charge in [0.1, 0.15) is 0 Å². The molecule has 0 bridgehead atoms. The first-order valence-electron chi connectivity index (χ1n) is 7.44. The monoisotopic (exact) mass is 308 g/mol. The van der Waals surface area contributed by atoms with Crippen LogP contribution < -0.4 is 0 Å². The quantitative estimate of drug-likeness (QED) is 0.860. The lowest BCUT2D eigenvalue weighted by atomic mass is 10.2. The Hall–Kier alpha value is -1.56. The van der Waals surface area contributed by atoms with Crippen LogP contribution in [0.5, 0.6) is 0 Å². The van der Waals surface area contributed by atoms with Gasteiger partial charge >= 0.3 is 6.09 Å². The molecule has 1 saturated heterocycles. The van der Waals surface area contributed by atoms with Gasteiger partial charge in [0.25, 0.3) is 0 Å². The molecule has 1 aliphatic carbocycles. The number of nitrogens with zero attached hydrogens (tertiary/aromatic N) is 2. The number of piperazine rings is 1. The Bertz CT molecular complexity index is 509. The largest absolute Gasteiger partial charge is 0.450 e. The third kappa shape index (κ3) is 3.05. The van der Waals surface area contributed by atoms with Crippen molar-refractivity contribution in [1.82, 2.24) is 9.80 Å². The Kier molecular flexibility index (Phi) is 4.14. The minimum absolute atomic E-state index is 0.151. The molecule has 1 aromatic heterocycles. The number of ether oxygens (including phenoxy) is 1. The standard InChI is InChI=1S/C15H20N2O3S/c1-2-20-15(19)17-7-5-16(6-8-17)14(18)12-10-11(12)13-4-3-9-21-13/h3-4,9,11-12H,2,5-8,10H2,1H3/t11-,12-/m0/s1. The van der Waals surface area contributed by atoms with Crippen molar-refractivity contribution in [2.24, 2.45) is 5.92 Å². The number of amides is 2. The lowest BCUT2D eigenvalue weighted by Crippen LogP contribution is -2.51. The van der Waals surface area contributed by atoms with E-state index in [9.17, 15) is 9.59 Å². The van der Waals surface area contributed by atoms with Gasteiger partial charge in [0.2, 0.25) is 5.91 Å². The second-order valence-electron chi connectivity index (χ2n) is 5.48. The van der Waals surface area contributed by atoms with Crippen molar-refractivity contribution >= 4 is 23.3 Å². The predicted molar refractivity (Wildman–Crippen MR) is 80.3 cm³/mol. The van der Waals surface area contributed by atoms with Crippen molar-refractivity contribution < 1.29 is 14.3 Å². The van der Waals surface area contributed by atoms with E-state index in [1.165, 1.54) is 4.88 Å². The van der Waals surface area contributed by atoms with E-state index in [0.717, 1.165) is 6.42 Å². The van der Waals surface area contributed by atoms with Crippen LogP contribution in [0.1, 0.15) is 24.1 Å². The molecule has 6 heteroatoms. The van der Waals surface area contributed by atoms with E-state index >= 15 is 0 Å². The zero-order valence-electron chi connectivity index (χ0n) is 12.2. The van der Waals surface area contributed by atoms with Crippen LogP contribution in [-0.4, -0.2) is 54.6 Å². The van der Waals surface area contributed by atoms with Gasteiger partial charge < -0.3 is 14.5 Å². The van der Waals surface area contributed by atoms with Crippen LogP contribution in [0.3, 0.4) is 0 Å². The number of hydrogen-bond acceptors (Lipinski definition) is 4. The molecule has 2 atom stereocenters. The van der Waals surface area contributed by atoms with Crippen LogP contribution in [0.25, 0.3) is 0 Å². The summed E-state index contributed by atoms with van der Waals surface area (Å²) in [5, 5.41) is 2.06. The Morgan fingerprint density at radius 1 is 1.29 bits per heavy atom. The Labute approximate surface area is 128 Å². The molecule has 114 valence electrons. The molecule has 0 aromatic carbocycles. The molecule has 0 radical (unpaired) electrons. The van der Waals surface area contributed by atoms with E-state index < -0.39 is 0 Å². The molecule has 2 amide bonds. The first-order chi connectivity index (χ1) is 10.2. The molecule has 1 aromatic rings. The summed E-state index contributed by atoms with van der Waals surface area (Å²) in [6, 6.07) is 4.15. The summed E-state index contributed by atoms with van der Waals surface area (Å²) in [4.78, 5) is 29.0. The lowest BCUT2D eigenvalue weighted by Gasteiger charge is -2.34. The Balaban J connectivity index is 1.49. The van der Waals surface area contributed by atoms with E-state index in [1.54, 1.807) is 23.2 Å². The molecular weight excluding hydrogens is 288 g/mol. The molecule has 3 rings (SSSR count). The van der Waals surface area contributed by atoms with Crippen molar-refractivity contribution in [3.8, 4) is 0 Å². The summed E-state index contributed by atoms with van der Waals surface area (Å²) in [5.74, 6) is 0.815. The Morgan fingerprint density at radius 3 is 2.62 bits per heavy atom. The van der Waals surface area contributed by atoms with Gasteiger partial charge in [0, 0.05) is 42.9 Å². The predicted octanol–water partition coefficient (Wildman–Crippen LogP) is 2.15. The first kappa shape index (κ1) is 14.4. The maximum atomic E-state index is 12.5. The second kappa shape index (κ2) is 6.05. The summed E-state index contributed by atoms with van der Waals surface area (Å²) in [6.45, 7) is 4.57. The zero-order valence-corrected chi connectivity index (χ0v) is 13.0. The van der Waals surface area contributed by atoms with Crippen molar-refractivity contribution in [1.29, 1.82) is 0 Å². The number of hydrogen-bond donors (Lipinski definition) is 0. The van der Waals surface area contributed by atoms with Gasteiger partial charge in [-0.25, -0.2) is 4.79 Å². The third-order valence-corrected chi connectivity index (χ3v) is 5.14. The average Bonchev–Trinajstić information content (AvgIpc) is 3.12. The highest BCUT2D eigenvalue weighted by Gasteiger charge is 2.46. The fourth-order valence-electron chi connectivity index (χ4n) is 2.84. The van der Waals surface area contributed by atoms with E-state index in [0.29, 0.717) is 38.7 Å². The molecule has 2 heterocycles. The van der Waals surface area contributed by atoms with Gasteiger partial charge in [0.15, 0.2) is 0 Å². The molecular formula is C15H20N2O3S. The first-order valence-corrected chi connectivity index (χ1v) is 8.32. The number of thiophene rings is 1. The topological polar surface area (TPSA) is 49.9 Å². The second-order valence-corrected chi connectivity index (χ2v) is 6.45. The molecule has 0 N–H and O–H groups in total. The van der Waals surface area contributed by atoms with E-state index in [2.05, 4.69) is 11.4 Å². The van der Waals surface area contributed by atoms with Gasteiger partial charge in [0.05, 0.1) is 6.61 Å². The minimum Gasteiger partial charge on any atom is -0.450 e. The van der Waals surface area contributed by atoms with Crippen molar-refractivity contribution in [2.45, 2.75) is 19.3 Å². The molecule has 0 spiro atoms. The zero-order chi connectivity index (χ0) is 14.8. The average molecular weight is 308 g/mol. The summed E-state index contributed by atoms with van der Waals surface area (Å²) in [7, 11) is 0. The summed E-state index contributed by atoms with van der Waals surface area (Å²) < 4.78 is 4.99. The van der Waals surface area contributed by atoms with Crippen molar-refractivity contribution in [3.63, 3.8) is 0 Å². The lowest BCUT2D eigenvalue weighted by molar-refractivity contribution is -0.134. The van der Waals surface area contributed by atoms with Gasteiger partial charge in [-0.2, -0.15) is 0 Å².